The number of nitrogens with one attached hydrogen (secondary N) is 2. The van der Waals surface area contributed by atoms with Gasteiger partial charge in [-0.3, -0.25) is 10.8 Å². The molecule has 0 spiro atoms. The van der Waals surface area contributed by atoms with Crippen LogP contribution in [0.15, 0.2) is 71.8 Å². The standard InChI is InChI=1S/C22H15F4N3O/c23-18-9-6-14-10-15(18)11-20(27)28-29-21(14)30-19-12-16(22(24,25)26)7-8-17(19)13-4-2-1-3-5-13/h1-10,12H,11H2,(H2,27,28)/b29-21+. The van der Waals surface area contributed by atoms with Crippen molar-refractivity contribution >= 4 is 11.7 Å². The van der Waals surface area contributed by atoms with E-state index < -0.39 is 17.6 Å². The predicted molar refractivity (Wildman–Crippen MR) is 105 cm³/mol. The van der Waals surface area contributed by atoms with Crippen LogP contribution in [0.2, 0.25) is 0 Å². The van der Waals surface area contributed by atoms with E-state index in [1.807, 2.05) is 0 Å². The van der Waals surface area contributed by atoms with Crippen LogP contribution in [0.5, 0.6) is 5.75 Å². The molecule has 0 saturated heterocycles. The van der Waals surface area contributed by atoms with Crippen molar-refractivity contribution in [1.82, 2.24) is 5.43 Å². The van der Waals surface area contributed by atoms with Gasteiger partial charge in [-0.2, -0.15) is 13.2 Å². The Morgan fingerprint density at radius 3 is 2.43 bits per heavy atom. The number of hydrazone groups is 1. The molecule has 152 valence electrons. The molecule has 0 aromatic heterocycles. The van der Waals surface area contributed by atoms with Crippen LogP contribution in [0.4, 0.5) is 17.6 Å². The molecule has 3 aromatic carbocycles. The summed E-state index contributed by atoms with van der Waals surface area (Å²) in [5.74, 6) is -0.693. The molecular weight excluding hydrogens is 398 g/mol. The number of benzene rings is 3. The molecule has 1 aliphatic rings. The average Bonchev–Trinajstić information content (AvgIpc) is 2.71. The quantitative estimate of drug-likeness (QED) is 0.555. The first-order valence-electron chi connectivity index (χ1n) is 8.96. The fourth-order valence-corrected chi connectivity index (χ4v) is 3.08. The number of alkyl halides is 3. The molecule has 0 amide bonds. The average molecular weight is 413 g/mol. The Kier molecular flexibility index (Phi) is 4.99. The minimum absolute atomic E-state index is 0.00920. The lowest BCUT2D eigenvalue weighted by atomic mass is 10.0. The molecule has 0 saturated carbocycles. The number of rotatable bonds is 2. The van der Waals surface area contributed by atoms with E-state index in [-0.39, 0.29) is 29.5 Å². The third-order valence-corrected chi connectivity index (χ3v) is 4.55. The monoisotopic (exact) mass is 413 g/mol. The highest BCUT2D eigenvalue weighted by atomic mass is 19.4. The van der Waals surface area contributed by atoms with Crippen LogP contribution >= 0.6 is 0 Å². The molecule has 8 heteroatoms. The summed E-state index contributed by atoms with van der Waals surface area (Å²) >= 11 is 0. The Bertz CT molecular complexity index is 1140. The first kappa shape index (κ1) is 19.6. The van der Waals surface area contributed by atoms with Gasteiger partial charge in [-0.15, -0.1) is 5.10 Å². The first-order valence-corrected chi connectivity index (χ1v) is 8.96. The summed E-state index contributed by atoms with van der Waals surface area (Å²) in [5.41, 5.74) is 3.32. The summed E-state index contributed by atoms with van der Waals surface area (Å²) in [6.45, 7) is 0. The zero-order valence-electron chi connectivity index (χ0n) is 15.4. The second kappa shape index (κ2) is 7.62. The minimum atomic E-state index is -4.56. The molecule has 0 unspecified atom stereocenters. The van der Waals surface area contributed by atoms with Gasteiger partial charge in [0.15, 0.2) is 0 Å². The van der Waals surface area contributed by atoms with Crippen LogP contribution in [0.3, 0.4) is 0 Å². The normalized spacial score (nSPS) is 15.5. The van der Waals surface area contributed by atoms with Gasteiger partial charge in [0.05, 0.1) is 5.56 Å². The van der Waals surface area contributed by atoms with Crippen molar-refractivity contribution in [1.29, 1.82) is 5.41 Å². The van der Waals surface area contributed by atoms with Crippen LogP contribution in [0.25, 0.3) is 11.1 Å². The van der Waals surface area contributed by atoms with E-state index in [1.54, 1.807) is 30.3 Å². The van der Waals surface area contributed by atoms with Gasteiger partial charge < -0.3 is 4.74 Å². The van der Waals surface area contributed by atoms with Gasteiger partial charge in [0.25, 0.3) is 0 Å². The topological polar surface area (TPSA) is 57.5 Å². The number of ether oxygens (including phenoxy) is 1. The van der Waals surface area contributed by atoms with Crippen molar-refractivity contribution in [2.24, 2.45) is 5.10 Å². The SMILES string of the molecule is N=C1Cc2cc(ccc2F)/C(Oc2cc(C(F)(F)F)ccc2-c2ccccc2)=N\N1. The Morgan fingerprint density at radius 2 is 1.70 bits per heavy atom. The largest absolute Gasteiger partial charge is 0.436 e. The Morgan fingerprint density at radius 1 is 0.933 bits per heavy atom. The molecule has 0 atom stereocenters. The van der Waals surface area contributed by atoms with Gasteiger partial charge >= 0.3 is 6.18 Å². The molecule has 1 heterocycles. The molecule has 30 heavy (non-hydrogen) atoms. The maximum atomic E-state index is 14.0. The van der Waals surface area contributed by atoms with Crippen molar-refractivity contribution in [2.75, 3.05) is 0 Å². The minimum Gasteiger partial charge on any atom is -0.436 e. The second-order valence-electron chi connectivity index (χ2n) is 6.67. The lowest BCUT2D eigenvalue weighted by Crippen LogP contribution is -2.26. The number of fused-ring (bicyclic) bond motifs is 2. The van der Waals surface area contributed by atoms with Gasteiger partial charge in [-0.05, 0) is 41.5 Å². The Labute approximate surface area is 169 Å². The van der Waals surface area contributed by atoms with Gasteiger partial charge in [0, 0.05) is 17.5 Å². The highest BCUT2D eigenvalue weighted by molar-refractivity contribution is 5.98. The predicted octanol–water partition coefficient (Wildman–Crippen LogP) is 5.38. The van der Waals surface area contributed by atoms with Crippen LogP contribution in [-0.4, -0.2) is 11.7 Å². The van der Waals surface area contributed by atoms with E-state index >= 15 is 0 Å². The highest BCUT2D eigenvalue weighted by Crippen LogP contribution is 2.37. The zero-order valence-corrected chi connectivity index (χ0v) is 15.4. The van der Waals surface area contributed by atoms with E-state index in [1.165, 1.54) is 24.3 Å². The van der Waals surface area contributed by atoms with Crippen molar-refractivity contribution in [2.45, 2.75) is 12.6 Å². The summed E-state index contributed by atoms with van der Waals surface area (Å²) in [6, 6.07) is 16.1. The van der Waals surface area contributed by atoms with Gasteiger partial charge in [0.1, 0.15) is 17.4 Å². The lowest BCUT2D eigenvalue weighted by molar-refractivity contribution is -0.137. The van der Waals surface area contributed by atoms with E-state index in [0.29, 0.717) is 16.7 Å². The maximum absolute atomic E-state index is 14.0. The van der Waals surface area contributed by atoms with E-state index in [2.05, 4.69) is 10.5 Å². The first-order chi connectivity index (χ1) is 14.3. The van der Waals surface area contributed by atoms with E-state index in [9.17, 15) is 17.6 Å². The zero-order chi connectivity index (χ0) is 21.3. The van der Waals surface area contributed by atoms with Crippen LogP contribution in [-0.2, 0) is 12.6 Å². The molecule has 2 N–H and O–H groups in total. The van der Waals surface area contributed by atoms with Crippen molar-refractivity contribution in [3.05, 3.63) is 89.2 Å². The number of hydrogen-bond donors (Lipinski definition) is 2. The Balaban J connectivity index is 1.82. The highest BCUT2D eigenvalue weighted by Gasteiger charge is 2.32. The molecule has 2 bridgehead atoms. The third-order valence-electron chi connectivity index (χ3n) is 4.55. The van der Waals surface area contributed by atoms with E-state index in [0.717, 1.165) is 12.1 Å². The summed E-state index contributed by atoms with van der Waals surface area (Å²) in [6.07, 6.45) is -4.55. The lowest BCUT2D eigenvalue weighted by Gasteiger charge is -2.18. The van der Waals surface area contributed by atoms with Gasteiger partial charge in [0.2, 0.25) is 5.90 Å². The summed E-state index contributed by atoms with van der Waals surface area (Å²) in [4.78, 5) is 0. The molecule has 3 aromatic rings. The second-order valence-corrected chi connectivity index (χ2v) is 6.67. The van der Waals surface area contributed by atoms with Crippen molar-refractivity contribution in [3.63, 3.8) is 0 Å². The van der Waals surface area contributed by atoms with Crippen LogP contribution in [0, 0.1) is 11.2 Å². The number of halogens is 4. The van der Waals surface area contributed by atoms with Gasteiger partial charge in [-0.25, -0.2) is 4.39 Å². The number of nitrogens with zero attached hydrogens (tertiary/aromatic N) is 1. The fraction of sp³-hybridized carbons (Fsp3) is 0.0909. The molecule has 0 radical (unpaired) electrons. The maximum Gasteiger partial charge on any atom is 0.416 e. The fourth-order valence-electron chi connectivity index (χ4n) is 3.08. The van der Waals surface area contributed by atoms with Crippen LogP contribution in [0.1, 0.15) is 16.7 Å². The van der Waals surface area contributed by atoms with Crippen LogP contribution < -0.4 is 10.2 Å². The van der Waals surface area contributed by atoms with E-state index in [4.69, 9.17) is 10.1 Å². The van der Waals surface area contributed by atoms with Crippen molar-refractivity contribution < 1.29 is 22.3 Å². The summed E-state index contributed by atoms with van der Waals surface area (Å²) in [7, 11) is 0. The number of amidine groups is 1. The van der Waals surface area contributed by atoms with Gasteiger partial charge in [-0.1, -0.05) is 36.4 Å². The molecule has 0 fully saturated rings. The molecule has 0 aliphatic carbocycles. The Hall–Kier alpha value is -3.68. The van der Waals surface area contributed by atoms with Crippen molar-refractivity contribution in [3.8, 4) is 16.9 Å². The number of hydrogen-bond acceptors (Lipinski definition) is 3. The third kappa shape index (κ3) is 4.03. The molecule has 4 rings (SSSR count). The molecular formula is C22H15F4N3O. The smallest absolute Gasteiger partial charge is 0.416 e. The molecule has 1 aliphatic heterocycles. The summed E-state index contributed by atoms with van der Waals surface area (Å²) < 4.78 is 59.7. The molecule has 4 nitrogen and oxygen atoms in total. The summed E-state index contributed by atoms with van der Waals surface area (Å²) in [5, 5.41) is 11.8.